The zero-order valence-electron chi connectivity index (χ0n) is 11.2. The van der Waals surface area contributed by atoms with Crippen molar-refractivity contribution >= 4 is 15.9 Å². The van der Waals surface area contributed by atoms with Crippen molar-refractivity contribution < 1.29 is 0 Å². The standard InChI is InChI=1S/C14H23BrN2/c1-11(16-10-12(2)17(3)4)9-13-5-7-14(15)8-6-13/h5-8,11-12,16H,9-10H2,1-4H3. The maximum Gasteiger partial charge on any atom is 0.0186 e. The van der Waals surface area contributed by atoms with E-state index in [1.54, 1.807) is 0 Å². The van der Waals surface area contributed by atoms with Crippen LogP contribution in [0.2, 0.25) is 0 Å². The average molecular weight is 299 g/mol. The highest BCUT2D eigenvalue weighted by Gasteiger charge is 2.07. The SMILES string of the molecule is CC(Cc1ccc(Br)cc1)NCC(C)N(C)C. The summed E-state index contributed by atoms with van der Waals surface area (Å²) < 4.78 is 1.14. The van der Waals surface area contributed by atoms with Gasteiger partial charge in [-0.15, -0.1) is 0 Å². The lowest BCUT2D eigenvalue weighted by Crippen LogP contribution is -2.40. The number of hydrogen-bond donors (Lipinski definition) is 1. The topological polar surface area (TPSA) is 15.3 Å². The number of benzene rings is 1. The van der Waals surface area contributed by atoms with Crippen LogP contribution in [0.1, 0.15) is 19.4 Å². The molecule has 2 atom stereocenters. The first-order valence-corrected chi connectivity index (χ1v) is 6.92. The van der Waals surface area contributed by atoms with Crippen LogP contribution < -0.4 is 5.32 Å². The third-order valence-electron chi connectivity index (χ3n) is 3.10. The minimum atomic E-state index is 0.513. The lowest BCUT2D eigenvalue weighted by Gasteiger charge is -2.22. The number of nitrogens with zero attached hydrogens (tertiary/aromatic N) is 1. The summed E-state index contributed by atoms with van der Waals surface area (Å²) in [6.45, 7) is 5.51. The Morgan fingerprint density at radius 2 is 1.76 bits per heavy atom. The van der Waals surface area contributed by atoms with Gasteiger partial charge in [-0.2, -0.15) is 0 Å². The first-order chi connectivity index (χ1) is 7.99. The Morgan fingerprint density at radius 3 is 2.29 bits per heavy atom. The molecular weight excluding hydrogens is 276 g/mol. The first-order valence-electron chi connectivity index (χ1n) is 6.13. The molecule has 1 aromatic carbocycles. The molecule has 1 N–H and O–H groups in total. The van der Waals surface area contributed by atoms with Gasteiger partial charge in [0.25, 0.3) is 0 Å². The number of rotatable bonds is 6. The van der Waals surface area contributed by atoms with Crippen molar-refractivity contribution in [1.29, 1.82) is 0 Å². The molecule has 0 fully saturated rings. The predicted octanol–water partition coefficient (Wildman–Crippen LogP) is 2.92. The van der Waals surface area contributed by atoms with Crippen LogP contribution in [0, 0.1) is 0 Å². The minimum Gasteiger partial charge on any atom is -0.312 e. The van der Waals surface area contributed by atoms with Crippen molar-refractivity contribution in [3.63, 3.8) is 0 Å². The summed E-state index contributed by atoms with van der Waals surface area (Å²) in [7, 11) is 4.23. The predicted molar refractivity (Wildman–Crippen MR) is 78.5 cm³/mol. The van der Waals surface area contributed by atoms with E-state index in [1.165, 1.54) is 5.56 Å². The Morgan fingerprint density at radius 1 is 1.18 bits per heavy atom. The molecule has 0 aliphatic carbocycles. The van der Waals surface area contributed by atoms with Crippen molar-refractivity contribution in [2.24, 2.45) is 0 Å². The Balaban J connectivity index is 2.34. The summed E-state index contributed by atoms with van der Waals surface area (Å²) in [5, 5.41) is 3.57. The largest absolute Gasteiger partial charge is 0.312 e. The second-order valence-corrected chi connectivity index (χ2v) is 5.87. The fourth-order valence-corrected chi connectivity index (χ4v) is 1.86. The molecule has 0 saturated heterocycles. The number of nitrogens with one attached hydrogen (secondary N) is 1. The highest BCUT2D eigenvalue weighted by molar-refractivity contribution is 9.10. The maximum absolute atomic E-state index is 3.57. The van der Waals surface area contributed by atoms with E-state index in [0.717, 1.165) is 17.4 Å². The smallest absolute Gasteiger partial charge is 0.0186 e. The number of likely N-dealkylation sites (N-methyl/N-ethyl adjacent to an activating group) is 1. The molecule has 2 unspecified atom stereocenters. The van der Waals surface area contributed by atoms with Crippen LogP contribution in [0.15, 0.2) is 28.7 Å². The van der Waals surface area contributed by atoms with E-state index in [4.69, 9.17) is 0 Å². The van der Waals surface area contributed by atoms with Crippen LogP contribution in [-0.4, -0.2) is 37.6 Å². The lowest BCUT2D eigenvalue weighted by atomic mass is 10.1. The molecule has 0 aliphatic heterocycles. The summed E-state index contributed by atoms with van der Waals surface area (Å²) >= 11 is 3.46. The van der Waals surface area contributed by atoms with E-state index in [-0.39, 0.29) is 0 Å². The summed E-state index contributed by atoms with van der Waals surface area (Å²) in [5.41, 5.74) is 1.38. The molecule has 2 nitrogen and oxygen atoms in total. The molecule has 0 saturated carbocycles. The van der Waals surface area contributed by atoms with E-state index in [9.17, 15) is 0 Å². The second kappa shape index (κ2) is 7.14. The molecule has 0 amide bonds. The monoisotopic (exact) mass is 298 g/mol. The van der Waals surface area contributed by atoms with Gasteiger partial charge in [0.05, 0.1) is 0 Å². The van der Waals surface area contributed by atoms with Crippen LogP contribution in [0.4, 0.5) is 0 Å². The Labute approximate surface area is 114 Å². The van der Waals surface area contributed by atoms with E-state index < -0.39 is 0 Å². The normalized spacial score (nSPS) is 14.9. The van der Waals surface area contributed by atoms with Crippen molar-refractivity contribution in [2.75, 3.05) is 20.6 Å². The van der Waals surface area contributed by atoms with Crippen LogP contribution in [0.25, 0.3) is 0 Å². The summed E-state index contributed by atoms with van der Waals surface area (Å²) in [5.74, 6) is 0. The average Bonchev–Trinajstić information content (AvgIpc) is 2.29. The van der Waals surface area contributed by atoms with Crippen molar-refractivity contribution in [3.05, 3.63) is 34.3 Å². The summed E-state index contributed by atoms with van der Waals surface area (Å²) in [6.07, 6.45) is 1.08. The van der Waals surface area contributed by atoms with Gasteiger partial charge in [0, 0.05) is 23.1 Å². The van der Waals surface area contributed by atoms with Crippen LogP contribution in [0.5, 0.6) is 0 Å². The molecule has 1 aromatic rings. The highest BCUT2D eigenvalue weighted by Crippen LogP contribution is 2.11. The van der Waals surface area contributed by atoms with Crippen LogP contribution in [0.3, 0.4) is 0 Å². The van der Waals surface area contributed by atoms with E-state index in [0.29, 0.717) is 12.1 Å². The van der Waals surface area contributed by atoms with Gasteiger partial charge in [-0.1, -0.05) is 28.1 Å². The Bertz CT molecular complexity index is 321. The van der Waals surface area contributed by atoms with Gasteiger partial charge in [-0.25, -0.2) is 0 Å². The fourth-order valence-electron chi connectivity index (χ4n) is 1.60. The fraction of sp³-hybridized carbons (Fsp3) is 0.571. The van der Waals surface area contributed by atoms with Gasteiger partial charge in [-0.05, 0) is 52.1 Å². The van der Waals surface area contributed by atoms with Gasteiger partial charge < -0.3 is 10.2 Å². The Hall–Kier alpha value is -0.380. The lowest BCUT2D eigenvalue weighted by molar-refractivity contribution is 0.295. The van der Waals surface area contributed by atoms with Crippen molar-refractivity contribution in [2.45, 2.75) is 32.4 Å². The third-order valence-corrected chi connectivity index (χ3v) is 3.63. The van der Waals surface area contributed by atoms with Crippen LogP contribution >= 0.6 is 15.9 Å². The molecule has 0 radical (unpaired) electrons. The zero-order chi connectivity index (χ0) is 12.8. The second-order valence-electron chi connectivity index (χ2n) is 4.95. The molecule has 0 heterocycles. The summed E-state index contributed by atoms with van der Waals surface area (Å²) in [4.78, 5) is 2.24. The highest BCUT2D eigenvalue weighted by atomic mass is 79.9. The third kappa shape index (κ3) is 5.66. The van der Waals surface area contributed by atoms with Gasteiger partial charge in [0.1, 0.15) is 0 Å². The van der Waals surface area contributed by atoms with Gasteiger partial charge in [0.15, 0.2) is 0 Å². The number of halogens is 1. The molecular formula is C14H23BrN2. The molecule has 1 rings (SSSR count). The molecule has 17 heavy (non-hydrogen) atoms. The summed E-state index contributed by atoms with van der Waals surface area (Å²) in [6, 6.07) is 9.64. The quantitative estimate of drug-likeness (QED) is 0.869. The first kappa shape index (κ1) is 14.7. The maximum atomic E-state index is 3.57. The number of hydrogen-bond acceptors (Lipinski definition) is 2. The molecule has 0 bridgehead atoms. The molecule has 3 heteroatoms. The van der Waals surface area contributed by atoms with E-state index in [2.05, 4.69) is 78.4 Å². The van der Waals surface area contributed by atoms with E-state index in [1.807, 2.05) is 0 Å². The molecule has 96 valence electrons. The van der Waals surface area contributed by atoms with Crippen LogP contribution in [-0.2, 0) is 6.42 Å². The van der Waals surface area contributed by atoms with E-state index >= 15 is 0 Å². The molecule has 0 aliphatic rings. The Kier molecular flexibility index (Phi) is 6.17. The van der Waals surface area contributed by atoms with Gasteiger partial charge >= 0.3 is 0 Å². The van der Waals surface area contributed by atoms with Gasteiger partial charge in [0.2, 0.25) is 0 Å². The molecule has 0 aromatic heterocycles. The zero-order valence-corrected chi connectivity index (χ0v) is 12.8. The minimum absolute atomic E-state index is 0.513. The van der Waals surface area contributed by atoms with Crippen molar-refractivity contribution in [1.82, 2.24) is 10.2 Å². The van der Waals surface area contributed by atoms with Crippen molar-refractivity contribution in [3.8, 4) is 0 Å². The molecule has 0 spiro atoms. The van der Waals surface area contributed by atoms with Gasteiger partial charge in [-0.3, -0.25) is 0 Å².